The minimum absolute atomic E-state index is 0.155. The number of pyridine rings is 1. The third kappa shape index (κ3) is 5.12. The number of anilines is 2. The Labute approximate surface area is 156 Å². The summed E-state index contributed by atoms with van der Waals surface area (Å²) in [4.78, 5) is 16.0. The number of nitrogens with zero attached hydrogens (tertiary/aromatic N) is 2. The fourth-order valence-electron chi connectivity index (χ4n) is 1.77. The fraction of sp³-hybridized carbons (Fsp3) is 0.0625. The molecule has 1 heterocycles. The maximum Gasteiger partial charge on any atom is 0.417 e. The van der Waals surface area contributed by atoms with Gasteiger partial charge in [-0.2, -0.15) is 18.4 Å². The number of hydrogen-bond donors (Lipinski definition) is 2. The van der Waals surface area contributed by atoms with Crippen LogP contribution in [0.15, 0.2) is 48.3 Å². The molecule has 5 nitrogen and oxygen atoms in total. The number of alkyl halides is 3. The maximum atomic E-state index is 12.8. The number of rotatable bonds is 4. The number of hydrogen-bond acceptors (Lipinski definition) is 4. The summed E-state index contributed by atoms with van der Waals surface area (Å²) < 4.78 is 38.5. The molecule has 0 saturated carbocycles. The number of nitrogens with one attached hydrogen (secondary N) is 2. The molecule has 1 aromatic heterocycles. The number of amides is 1. The lowest BCUT2D eigenvalue weighted by Crippen LogP contribution is -2.15. The van der Waals surface area contributed by atoms with Crippen molar-refractivity contribution in [3.8, 4) is 6.07 Å². The predicted octanol–water partition coefficient (Wildman–Crippen LogP) is 4.87. The van der Waals surface area contributed by atoms with Crippen LogP contribution in [0.5, 0.6) is 0 Å². The second-order valence-electron chi connectivity index (χ2n) is 4.82. The summed E-state index contributed by atoms with van der Waals surface area (Å²) in [6.45, 7) is 0. The van der Waals surface area contributed by atoms with Gasteiger partial charge >= 0.3 is 6.18 Å². The Morgan fingerprint density at radius 1 is 1.23 bits per heavy atom. The van der Waals surface area contributed by atoms with E-state index in [1.807, 2.05) is 0 Å². The topological polar surface area (TPSA) is 77.8 Å². The van der Waals surface area contributed by atoms with Crippen molar-refractivity contribution < 1.29 is 18.0 Å². The molecule has 10 heteroatoms. The average molecular weight is 401 g/mol. The van der Waals surface area contributed by atoms with Crippen molar-refractivity contribution in [3.63, 3.8) is 0 Å². The van der Waals surface area contributed by atoms with Crippen LogP contribution in [0, 0.1) is 11.3 Å². The highest BCUT2D eigenvalue weighted by atomic mass is 35.5. The number of halogens is 5. The zero-order chi connectivity index (χ0) is 19.3. The molecule has 0 spiro atoms. The summed E-state index contributed by atoms with van der Waals surface area (Å²) in [5.41, 5.74) is -1.62. The van der Waals surface area contributed by atoms with Crippen molar-refractivity contribution in [1.82, 2.24) is 4.98 Å². The van der Waals surface area contributed by atoms with Crippen molar-refractivity contribution >= 4 is 40.6 Å². The lowest BCUT2D eigenvalue weighted by Gasteiger charge is -2.11. The van der Waals surface area contributed by atoms with E-state index in [1.165, 1.54) is 18.3 Å². The predicted molar refractivity (Wildman–Crippen MR) is 91.6 cm³/mol. The van der Waals surface area contributed by atoms with Gasteiger partial charge in [0.1, 0.15) is 17.5 Å². The molecule has 1 aromatic carbocycles. The number of benzene rings is 1. The van der Waals surface area contributed by atoms with Gasteiger partial charge < -0.3 is 10.6 Å². The van der Waals surface area contributed by atoms with E-state index < -0.39 is 22.7 Å². The summed E-state index contributed by atoms with van der Waals surface area (Å²) >= 11 is 11.2. The molecule has 0 saturated heterocycles. The van der Waals surface area contributed by atoms with E-state index in [2.05, 4.69) is 15.6 Å². The highest BCUT2D eigenvalue weighted by Gasteiger charge is 2.33. The molecule has 0 aliphatic carbocycles. The first kappa shape index (κ1) is 19.6. The van der Waals surface area contributed by atoms with Crippen LogP contribution in [0.25, 0.3) is 0 Å². The number of nitriles is 1. The Balaban J connectivity index is 2.15. The largest absolute Gasteiger partial charge is 0.417 e. The Morgan fingerprint density at radius 3 is 2.54 bits per heavy atom. The Morgan fingerprint density at radius 2 is 1.96 bits per heavy atom. The molecule has 2 rings (SSSR count). The van der Waals surface area contributed by atoms with E-state index in [4.69, 9.17) is 28.5 Å². The van der Waals surface area contributed by atoms with Gasteiger partial charge in [0.15, 0.2) is 0 Å². The summed E-state index contributed by atoms with van der Waals surface area (Å²) in [6, 6.07) is 7.59. The molecule has 0 fully saturated rings. The normalized spacial score (nSPS) is 11.6. The van der Waals surface area contributed by atoms with Crippen molar-refractivity contribution in [1.29, 1.82) is 5.26 Å². The van der Waals surface area contributed by atoms with Crippen molar-refractivity contribution in [2.24, 2.45) is 0 Å². The van der Waals surface area contributed by atoms with E-state index in [0.29, 0.717) is 16.9 Å². The molecular formula is C16H9Cl2F3N4O. The summed E-state index contributed by atoms with van der Waals surface area (Å²) in [5, 5.41) is 13.8. The van der Waals surface area contributed by atoms with Crippen molar-refractivity contribution in [2.45, 2.75) is 6.18 Å². The molecule has 1 amide bonds. The van der Waals surface area contributed by atoms with Crippen molar-refractivity contribution in [3.05, 3.63) is 63.9 Å². The maximum absolute atomic E-state index is 12.8. The van der Waals surface area contributed by atoms with E-state index >= 15 is 0 Å². The Hall–Kier alpha value is -2.76. The average Bonchev–Trinajstić information content (AvgIpc) is 2.58. The van der Waals surface area contributed by atoms with Crippen LogP contribution in [-0.4, -0.2) is 10.9 Å². The lowest BCUT2D eigenvalue weighted by atomic mass is 10.2. The van der Waals surface area contributed by atoms with Crippen LogP contribution in [0.4, 0.5) is 24.7 Å². The molecule has 0 atom stereocenters. The van der Waals surface area contributed by atoms with Gasteiger partial charge in [-0.3, -0.25) is 4.79 Å². The van der Waals surface area contributed by atoms with Crippen LogP contribution >= 0.6 is 23.2 Å². The second-order valence-corrected chi connectivity index (χ2v) is 5.67. The standard InChI is InChI=1S/C16H9Cl2F3N4O/c17-10-1-4-14(24-8-10)23-7-9(6-22)15(26)25-11-2-3-13(18)12(5-11)16(19,20)21/h1-5,7-8H,(H,23,24)(H,25,26)/b9-7-. The molecule has 0 aliphatic rings. The third-order valence-corrected chi connectivity index (χ3v) is 3.54. The molecule has 26 heavy (non-hydrogen) atoms. The minimum atomic E-state index is -4.67. The monoisotopic (exact) mass is 400 g/mol. The van der Waals surface area contributed by atoms with Crippen LogP contribution in [0.3, 0.4) is 0 Å². The number of carbonyl (C=O) groups is 1. The van der Waals surface area contributed by atoms with Gasteiger partial charge in [-0.05, 0) is 30.3 Å². The molecule has 134 valence electrons. The molecular weight excluding hydrogens is 392 g/mol. The van der Waals surface area contributed by atoms with Crippen LogP contribution in [-0.2, 0) is 11.0 Å². The third-order valence-electron chi connectivity index (χ3n) is 2.99. The summed E-state index contributed by atoms with van der Waals surface area (Å²) in [6.07, 6.45) is -2.24. The summed E-state index contributed by atoms with van der Waals surface area (Å²) in [5.74, 6) is -0.579. The highest BCUT2D eigenvalue weighted by Crippen LogP contribution is 2.36. The van der Waals surface area contributed by atoms with Gasteiger partial charge in [0.05, 0.1) is 15.6 Å². The highest BCUT2D eigenvalue weighted by molar-refractivity contribution is 6.31. The van der Waals surface area contributed by atoms with Crippen LogP contribution < -0.4 is 10.6 Å². The number of aromatic nitrogens is 1. The Bertz CT molecular complexity index is 890. The first-order valence-corrected chi connectivity index (χ1v) is 7.63. The van der Waals surface area contributed by atoms with Gasteiger partial charge in [0, 0.05) is 18.1 Å². The van der Waals surface area contributed by atoms with E-state index in [1.54, 1.807) is 12.1 Å². The smallest absolute Gasteiger partial charge is 0.345 e. The SMILES string of the molecule is N#C/C(=C/Nc1ccc(Cl)cn1)C(=O)Nc1ccc(Cl)c(C(F)(F)F)c1. The van der Waals surface area contributed by atoms with Crippen LogP contribution in [0.2, 0.25) is 10.0 Å². The first-order valence-electron chi connectivity index (χ1n) is 6.87. The second kappa shape index (κ2) is 8.08. The van der Waals surface area contributed by atoms with Gasteiger partial charge in [-0.25, -0.2) is 4.98 Å². The molecule has 0 radical (unpaired) electrons. The molecule has 0 aliphatic heterocycles. The van der Waals surface area contributed by atoms with E-state index in [0.717, 1.165) is 12.3 Å². The Kier molecular flexibility index (Phi) is 6.08. The van der Waals surface area contributed by atoms with Gasteiger partial charge in [-0.15, -0.1) is 0 Å². The zero-order valence-corrected chi connectivity index (χ0v) is 14.2. The summed E-state index contributed by atoms with van der Waals surface area (Å²) in [7, 11) is 0. The minimum Gasteiger partial charge on any atom is -0.345 e. The van der Waals surface area contributed by atoms with Gasteiger partial charge in [-0.1, -0.05) is 23.2 Å². The van der Waals surface area contributed by atoms with Gasteiger partial charge in [0.2, 0.25) is 0 Å². The van der Waals surface area contributed by atoms with Crippen LogP contribution in [0.1, 0.15) is 5.56 Å². The molecule has 2 aromatic rings. The van der Waals surface area contributed by atoms with E-state index in [9.17, 15) is 18.0 Å². The lowest BCUT2D eigenvalue weighted by molar-refractivity contribution is -0.137. The van der Waals surface area contributed by atoms with Crippen molar-refractivity contribution in [2.75, 3.05) is 10.6 Å². The zero-order valence-electron chi connectivity index (χ0n) is 12.7. The number of carbonyl (C=O) groups excluding carboxylic acids is 1. The van der Waals surface area contributed by atoms with E-state index in [-0.39, 0.29) is 11.3 Å². The molecule has 2 N–H and O–H groups in total. The molecule has 0 unspecified atom stereocenters. The van der Waals surface area contributed by atoms with Gasteiger partial charge in [0.25, 0.3) is 5.91 Å². The first-order chi connectivity index (χ1) is 12.2. The quantitative estimate of drug-likeness (QED) is 0.567. The fourth-order valence-corrected chi connectivity index (χ4v) is 2.11. The molecule has 0 bridgehead atoms.